The largest absolute Gasteiger partial charge is 0.493 e. The molecule has 5 aromatic rings. The summed E-state index contributed by atoms with van der Waals surface area (Å²) in [4.78, 5) is 15.6. The Labute approximate surface area is 324 Å². The molecule has 1 aromatic heterocycles. The second kappa shape index (κ2) is 17.3. The Morgan fingerprint density at radius 1 is 0.750 bits per heavy atom. The van der Waals surface area contributed by atoms with Crippen molar-refractivity contribution in [2.24, 2.45) is 10.2 Å². The molecule has 1 saturated heterocycles. The standard InChI is InChI=1S/C38H29Cl4N3O6S/c1-47-34-14-23(5-11-32(34)50-21-25-7-9-27(39)17-30(25)41)16-36-37(46)45(20-29-4-3-13-49-29)38(52-36)44-43-19-24-6-12-33(35(15-24)48-2)51-22-26-8-10-28(40)18-31(26)42/h3-19H,20-22H2,1-2H3/b36-16-,43-19+,44-38-. The first kappa shape index (κ1) is 37.2. The molecule has 2 heterocycles. The maximum Gasteiger partial charge on any atom is 0.267 e. The first-order chi connectivity index (χ1) is 25.2. The number of nitrogens with zero attached hydrogens (tertiary/aromatic N) is 3. The molecule has 0 aliphatic carbocycles. The fourth-order valence-corrected chi connectivity index (χ4v) is 6.80. The van der Waals surface area contributed by atoms with E-state index in [9.17, 15) is 4.79 Å². The molecule has 0 spiro atoms. The van der Waals surface area contributed by atoms with Crippen LogP contribution in [-0.2, 0) is 24.6 Å². The predicted octanol–water partition coefficient (Wildman–Crippen LogP) is 10.6. The van der Waals surface area contributed by atoms with Crippen LogP contribution in [0, 0.1) is 0 Å². The molecule has 0 N–H and O–H groups in total. The molecule has 1 fully saturated rings. The van der Waals surface area contributed by atoms with Crippen molar-refractivity contribution in [3.05, 3.63) is 144 Å². The molecule has 266 valence electrons. The number of carbonyl (C=O) groups excluding carboxylic acids is 1. The van der Waals surface area contributed by atoms with Crippen molar-refractivity contribution in [1.82, 2.24) is 4.90 Å². The number of furan rings is 1. The third-order valence-electron chi connectivity index (χ3n) is 7.60. The summed E-state index contributed by atoms with van der Waals surface area (Å²) in [5.41, 5.74) is 2.99. The van der Waals surface area contributed by atoms with Gasteiger partial charge in [0.2, 0.25) is 0 Å². The molecule has 4 aromatic carbocycles. The van der Waals surface area contributed by atoms with Crippen LogP contribution in [0.2, 0.25) is 20.1 Å². The SMILES string of the molecule is COc1cc(/C=C2\S/C(=N\N=C\c3ccc(OCc4ccc(Cl)cc4Cl)c(OC)c3)N(Cc3ccco3)C2=O)ccc1OCc1ccc(Cl)cc1Cl. The predicted molar refractivity (Wildman–Crippen MR) is 207 cm³/mol. The quantitative estimate of drug-likeness (QED) is 0.0665. The minimum Gasteiger partial charge on any atom is -0.493 e. The maximum atomic E-state index is 13.7. The Bertz CT molecular complexity index is 2170. The van der Waals surface area contributed by atoms with Crippen LogP contribution < -0.4 is 18.9 Å². The van der Waals surface area contributed by atoms with Crippen molar-refractivity contribution in [2.75, 3.05) is 14.2 Å². The number of hydrogen-bond donors (Lipinski definition) is 0. The zero-order valence-electron chi connectivity index (χ0n) is 27.6. The van der Waals surface area contributed by atoms with Gasteiger partial charge in [0.1, 0.15) is 19.0 Å². The van der Waals surface area contributed by atoms with Crippen LogP contribution in [0.15, 0.2) is 111 Å². The smallest absolute Gasteiger partial charge is 0.267 e. The molecule has 52 heavy (non-hydrogen) atoms. The molecule has 6 rings (SSSR count). The van der Waals surface area contributed by atoms with E-state index in [0.29, 0.717) is 64.5 Å². The van der Waals surface area contributed by atoms with Crippen LogP contribution in [0.25, 0.3) is 6.08 Å². The molecule has 1 aliphatic heterocycles. The van der Waals surface area contributed by atoms with Gasteiger partial charge >= 0.3 is 0 Å². The van der Waals surface area contributed by atoms with Gasteiger partial charge in [0.15, 0.2) is 28.2 Å². The number of amides is 1. The minimum absolute atomic E-state index is 0.172. The molecule has 1 amide bonds. The van der Waals surface area contributed by atoms with E-state index < -0.39 is 0 Å². The summed E-state index contributed by atoms with van der Waals surface area (Å²) in [6, 6.07) is 24.7. The van der Waals surface area contributed by atoms with Crippen LogP contribution in [0.5, 0.6) is 23.0 Å². The highest BCUT2D eigenvalue weighted by Gasteiger charge is 2.34. The summed E-state index contributed by atoms with van der Waals surface area (Å²) in [6.07, 6.45) is 4.88. The highest BCUT2D eigenvalue weighted by molar-refractivity contribution is 8.18. The van der Waals surface area contributed by atoms with Gasteiger partial charge in [-0.25, -0.2) is 0 Å². The van der Waals surface area contributed by atoms with Crippen LogP contribution in [0.1, 0.15) is 28.0 Å². The van der Waals surface area contributed by atoms with E-state index in [2.05, 4.69) is 10.2 Å². The van der Waals surface area contributed by atoms with Gasteiger partial charge in [0, 0.05) is 31.2 Å². The number of methoxy groups -OCH3 is 2. The summed E-state index contributed by atoms with van der Waals surface area (Å²) in [5, 5.41) is 11.2. The molecular formula is C38H29Cl4N3O6S. The van der Waals surface area contributed by atoms with E-state index in [1.807, 2.05) is 18.2 Å². The Morgan fingerprint density at radius 2 is 1.35 bits per heavy atom. The summed E-state index contributed by atoms with van der Waals surface area (Å²) in [6.45, 7) is 0.614. The normalized spacial score (nSPS) is 14.5. The van der Waals surface area contributed by atoms with Crippen LogP contribution in [0.4, 0.5) is 0 Å². The van der Waals surface area contributed by atoms with Crippen molar-refractivity contribution >= 4 is 81.5 Å². The average molecular weight is 798 g/mol. The summed E-state index contributed by atoms with van der Waals surface area (Å²) < 4.78 is 28.6. The zero-order valence-corrected chi connectivity index (χ0v) is 31.5. The molecule has 0 atom stereocenters. The number of halogens is 4. The van der Waals surface area contributed by atoms with Crippen LogP contribution >= 0.6 is 58.2 Å². The molecule has 0 bridgehead atoms. The molecule has 1 aliphatic rings. The van der Waals surface area contributed by atoms with E-state index in [4.69, 9.17) is 69.8 Å². The van der Waals surface area contributed by atoms with Gasteiger partial charge in [-0.2, -0.15) is 5.10 Å². The highest BCUT2D eigenvalue weighted by atomic mass is 35.5. The van der Waals surface area contributed by atoms with Gasteiger partial charge in [-0.05, 0) is 95.7 Å². The van der Waals surface area contributed by atoms with Crippen LogP contribution in [0.3, 0.4) is 0 Å². The first-order valence-corrected chi connectivity index (χ1v) is 17.9. The third-order valence-corrected chi connectivity index (χ3v) is 9.77. The number of benzene rings is 4. The monoisotopic (exact) mass is 795 g/mol. The number of amidine groups is 1. The van der Waals surface area contributed by atoms with Gasteiger partial charge in [-0.3, -0.25) is 9.69 Å². The number of ether oxygens (including phenoxy) is 4. The van der Waals surface area contributed by atoms with Gasteiger partial charge in [-0.1, -0.05) is 64.6 Å². The fourth-order valence-electron chi connectivity index (χ4n) is 4.94. The number of hydrogen-bond acceptors (Lipinski definition) is 9. The zero-order chi connectivity index (χ0) is 36.6. The Morgan fingerprint density at radius 3 is 1.90 bits per heavy atom. The Balaban J connectivity index is 1.18. The lowest BCUT2D eigenvalue weighted by atomic mass is 10.1. The Hall–Kier alpha value is -4.58. The van der Waals surface area contributed by atoms with Crippen molar-refractivity contribution in [1.29, 1.82) is 0 Å². The van der Waals surface area contributed by atoms with E-state index in [0.717, 1.165) is 16.7 Å². The molecule has 0 radical (unpaired) electrons. The Kier molecular flexibility index (Phi) is 12.4. The average Bonchev–Trinajstić information content (AvgIpc) is 3.76. The molecule has 14 heteroatoms. The molecular weight excluding hydrogens is 768 g/mol. The highest BCUT2D eigenvalue weighted by Crippen LogP contribution is 2.36. The fraction of sp³-hybridized carbons (Fsp3) is 0.132. The summed E-state index contributed by atoms with van der Waals surface area (Å²) in [7, 11) is 3.10. The van der Waals surface area contributed by atoms with Crippen molar-refractivity contribution in [2.45, 2.75) is 19.8 Å². The lowest BCUT2D eigenvalue weighted by Crippen LogP contribution is -2.28. The van der Waals surface area contributed by atoms with Gasteiger partial charge in [0.05, 0.1) is 38.1 Å². The van der Waals surface area contributed by atoms with E-state index in [1.165, 1.54) is 16.7 Å². The lowest BCUT2D eigenvalue weighted by molar-refractivity contribution is -0.122. The van der Waals surface area contributed by atoms with Gasteiger partial charge in [0.25, 0.3) is 5.91 Å². The minimum atomic E-state index is -0.254. The second-order valence-corrected chi connectivity index (χ2v) is 13.8. The van der Waals surface area contributed by atoms with Crippen LogP contribution in [-0.4, -0.2) is 36.4 Å². The van der Waals surface area contributed by atoms with Crippen molar-refractivity contribution in [3.63, 3.8) is 0 Å². The summed E-state index contributed by atoms with van der Waals surface area (Å²) in [5.74, 6) is 2.36. The molecule has 0 saturated carbocycles. The van der Waals surface area contributed by atoms with Crippen molar-refractivity contribution in [3.8, 4) is 23.0 Å². The van der Waals surface area contributed by atoms with E-state index >= 15 is 0 Å². The maximum absolute atomic E-state index is 13.7. The number of rotatable bonds is 13. The summed E-state index contributed by atoms with van der Waals surface area (Å²) >= 11 is 25.8. The molecule has 0 unspecified atom stereocenters. The first-order valence-electron chi connectivity index (χ1n) is 15.5. The molecule has 9 nitrogen and oxygen atoms in total. The van der Waals surface area contributed by atoms with E-state index in [-0.39, 0.29) is 25.7 Å². The topological polar surface area (TPSA) is 95.1 Å². The number of carbonyl (C=O) groups is 1. The van der Waals surface area contributed by atoms with Crippen molar-refractivity contribution < 1.29 is 28.2 Å². The van der Waals surface area contributed by atoms with Gasteiger partial charge in [-0.15, -0.1) is 5.10 Å². The lowest BCUT2D eigenvalue weighted by Gasteiger charge is -2.13. The van der Waals surface area contributed by atoms with E-state index in [1.54, 1.807) is 99.5 Å². The third kappa shape index (κ3) is 9.25. The number of thioether (sulfide) groups is 1. The van der Waals surface area contributed by atoms with Gasteiger partial charge < -0.3 is 23.4 Å². The second-order valence-electron chi connectivity index (χ2n) is 11.1.